The molecule has 2 rings (SSSR count). The van der Waals surface area contributed by atoms with Gasteiger partial charge in [-0.05, 0) is 32.2 Å². The van der Waals surface area contributed by atoms with Gasteiger partial charge in [0.25, 0.3) is 0 Å². The zero-order chi connectivity index (χ0) is 15.3. The Kier molecular flexibility index (Phi) is 5.50. The first kappa shape index (κ1) is 16.6. The molecule has 1 heterocycles. The van der Waals surface area contributed by atoms with E-state index >= 15 is 0 Å². The smallest absolute Gasteiger partial charge is 0.367 e. The molecule has 120 valence electrons. The van der Waals surface area contributed by atoms with Gasteiger partial charge in [0.05, 0.1) is 18.1 Å². The van der Waals surface area contributed by atoms with E-state index in [2.05, 4.69) is 6.07 Å². The van der Waals surface area contributed by atoms with Crippen molar-refractivity contribution in [1.82, 2.24) is 4.90 Å². The van der Waals surface area contributed by atoms with Gasteiger partial charge in [-0.1, -0.05) is 19.3 Å². The minimum Gasteiger partial charge on any atom is -0.367 e. The van der Waals surface area contributed by atoms with Crippen molar-refractivity contribution in [2.24, 2.45) is 5.41 Å². The Morgan fingerprint density at radius 2 is 1.90 bits per heavy atom. The van der Waals surface area contributed by atoms with Crippen LogP contribution in [0.15, 0.2) is 0 Å². The number of halogens is 3. The maximum absolute atomic E-state index is 12.7. The fraction of sp³-hybridized carbons (Fsp3) is 0.933. The second kappa shape index (κ2) is 6.97. The molecular formula is C15H23F3N2O. The van der Waals surface area contributed by atoms with Crippen molar-refractivity contribution in [3.63, 3.8) is 0 Å². The highest BCUT2D eigenvalue weighted by Crippen LogP contribution is 2.39. The lowest BCUT2D eigenvalue weighted by molar-refractivity contribution is -0.218. The van der Waals surface area contributed by atoms with E-state index in [1.165, 1.54) is 6.42 Å². The third-order valence-corrected chi connectivity index (χ3v) is 4.75. The molecule has 0 radical (unpaired) electrons. The minimum atomic E-state index is -4.27. The van der Waals surface area contributed by atoms with Crippen LogP contribution in [0.3, 0.4) is 0 Å². The van der Waals surface area contributed by atoms with Crippen LogP contribution in [0.4, 0.5) is 13.2 Å². The first-order chi connectivity index (χ1) is 9.95. The molecule has 1 saturated heterocycles. The van der Waals surface area contributed by atoms with E-state index in [-0.39, 0.29) is 18.4 Å². The molecule has 1 atom stereocenters. The van der Waals surface area contributed by atoms with E-state index < -0.39 is 12.3 Å². The Bertz CT molecular complexity index is 372. The van der Waals surface area contributed by atoms with Crippen LogP contribution in [0.25, 0.3) is 0 Å². The summed E-state index contributed by atoms with van der Waals surface area (Å²) in [6, 6.07) is 2.47. The van der Waals surface area contributed by atoms with Gasteiger partial charge in [0.1, 0.15) is 0 Å². The number of alkyl halides is 3. The fourth-order valence-corrected chi connectivity index (χ4v) is 3.32. The van der Waals surface area contributed by atoms with Crippen LogP contribution in [-0.4, -0.2) is 43.4 Å². The normalized spacial score (nSPS) is 27.8. The van der Waals surface area contributed by atoms with E-state index in [1.807, 2.05) is 4.90 Å². The maximum Gasteiger partial charge on any atom is 0.414 e. The predicted molar refractivity (Wildman–Crippen MR) is 72.6 cm³/mol. The van der Waals surface area contributed by atoms with Crippen LogP contribution in [0.5, 0.6) is 0 Å². The van der Waals surface area contributed by atoms with Gasteiger partial charge in [0.15, 0.2) is 6.10 Å². The van der Waals surface area contributed by atoms with Crippen molar-refractivity contribution in [2.75, 3.05) is 26.2 Å². The summed E-state index contributed by atoms with van der Waals surface area (Å²) in [5.41, 5.74) is -0.255. The SMILES string of the molecule is N#CC1(CCN2CCOC(C(F)(F)F)CC2)CCCCC1. The molecule has 0 aromatic heterocycles. The van der Waals surface area contributed by atoms with E-state index in [9.17, 15) is 18.4 Å². The molecular weight excluding hydrogens is 281 g/mol. The van der Waals surface area contributed by atoms with E-state index in [0.29, 0.717) is 19.6 Å². The Morgan fingerprint density at radius 1 is 1.19 bits per heavy atom. The van der Waals surface area contributed by atoms with Crippen LogP contribution in [-0.2, 0) is 4.74 Å². The third-order valence-electron chi connectivity index (χ3n) is 4.75. The zero-order valence-electron chi connectivity index (χ0n) is 12.3. The summed E-state index contributed by atoms with van der Waals surface area (Å²) in [5.74, 6) is 0. The average molecular weight is 304 g/mol. The first-order valence-electron chi connectivity index (χ1n) is 7.77. The van der Waals surface area contributed by atoms with Crippen LogP contribution in [0.1, 0.15) is 44.9 Å². The van der Waals surface area contributed by atoms with Gasteiger partial charge in [-0.25, -0.2) is 0 Å². The molecule has 0 amide bonds. The van der Waals surface area contributed by atoms with Crippen molar-refractivity contribution in [2.45, 2.75) is 57.2 Å². The first-order valence-corrected chi connectivity index (χ1v) is 7.77. The van der Waals surface area contributed by atoms with Gasteiger partial charge < -0.3 is 9.64 Å². The summed E-state index contributed by atoms with van der Waals surface area (Å²) in [7, 11) is 0. The maximum atomic E-state index is 12.7. The topological polar surface area (TPSA) is 36.3 Å². The molecule has 0 spiro atoms. The number of rotatable bonds is 3. The van der Waals surface area contributed by atoms with Crippen molar-refractivity contribution in [3.05, 3.63) is 0 Å². The number of hydrogen-bond donors (Lipinski definition) is 0. The van der Waals surface area contributed by atoms with E-state index in [1.54, 1.807) is 0 Å². The highest BCUT2D eigenvalue weighted by molar-refractivity contribution is 5.00. The molecule has 0 N–H and O–H groups in total. The van der Waals surface area contributed by atoms with Gasteiger partial charge in [-0.3, -0.25) is 0 Å². The monoisotopic (exact) mass is 304 g/mol. The Morgan fingerprint density at radius 3 is 2.52 bits per heavy atom. The second-order valence-corrected chi connectivity index (χ2v) is 6.23. The Hall–Kier alpha value is -0.800. The Balaban J connectivity index is 1.82. The molecule has 1 saturated carbocycles. The number of hydrogen-bond acceptors (Lipinski definition) is 3. The van der Waals surface area contributed by atoms with Gasteiger partial charge in [0.2, 0.25) is 0 Å². The predicted octanol–water partition coefficient (Wildman–Crippen LogP) is 3.50. The number of nitriles is 1. The molecule has 2 aliphatic rings. The van der Waals surface area contributed by atoms with Crippen molar-refractivity contribution >= 4 is 0 Å². The van der Waals surface area contributed by atoms with Crippen molar-refractivity contribution in [3.8, 4) is 6.07 Å². The van der Waals surface area contributed by atoms with E-state index in [4.69, 9.17) is 4.74 Å². The summed E-state index contributed by atoms with van der Waals surface area (Å²) in [6.07, 6.45) is 0.0738. The molecule has 0 bridgehead atoms. The van der Waals surface area contributed by atoms with Crippen LogP contribution < -0.4 is 0 Å². The van der Waals surface area contributed by atoms with Gasteiger partial charge >= 0.3 is 6.18 Å². The van der Waals surface area contributed by atoms with Crippen molar-refractivity contribution in [1.29, 1.82) is 5.26 Å². The minimum absolute atomic E-state index is 0.0109. The van der Waals surface area contributed by atoms with Crippen LogP contribution >= 0.6 is 0 Å². The lowest BCUT2D eigenvalue weighted by Gasteiger charge is -2.32. The quantitative estimate of drug-likeness (QED) is 0.800. The molecule has 6 heteroatoms. The van der Waals surface area contributed by atoms with Crippen LogP contribution in [0, 0.1) is 16.7 Å². The average Bonchev–Trinajstić information content (AvgIpc) is 2.71. The largest absolute Gasteiger partial charge is 0.414 e. The summed E-state index contributed by atoms with van der Waals surface area (Å²) >= 11 is 0. The van der Waals surface area contributed by atoms with Gasteiger partial charge in [-0.2, -0.15) is 18.4 Å². The molecule has 2 fully saturated rings. The molecule has 0 aromatic rings. The van der Waals surface area contributed by atoms with E-state index in [0.717, 1.165) is 32.1 Å². The standard InChI is InChI=1S/C15H23F3N2O/c16-15(17,18)13-4-8-20(10-11-21-13)9-7-14(12-19)5-2-1-3-6-14/h13H,1-11H2. The molecule has 1 unspecified atom stereocenters. The van der Waals surface area contributed by atoms with Crippen LogP contribution in [0.2, 0.25) is 0 Å². The summed E-state index contributed by atoms with van der Waals surface area (Å²) in [6.45, 7) is 1.73. The summed E-state index contributed by atoms with van der Waals surface area (Å²) in [5, 5.41) is 9.43. The van der Waals surface area contributed by atoms with Crippen molar-refractivity contribution < 1.29 is 17.9 Å². The zero-order valence-corrected chi connectivity index (χ0v) is 12.3. The molecule has 21 heavy (non-hydrogen) atoms. The van der Waals surface area contributed by atoms with Gasteiger partial charge in [0, 0.05) is 13.1 Å². The highest BCUT2D eigenvalue weighted by atomic mass is 19.4. The lowest BCUT2D eigenvalue weighted by atomic mass is 9.73. The molecule has 3 nitrogen and oxygen atoms in total. The fourth-order valence-electron chi connectivity index (χ4n) is 3.32. The Labute approximate surface area is 124 Å². The molecule has 1 aliphatic heterocycles. The lowest BCUT2D eigenvalue weighted by Crippen LogP contribution is -2.34. The molecule has 0 aromatic carbocycles. The highest BCUT2D eigenvalue weighted by Gasteiger charge is 2.41. The second-order valence-electron chi connectivity index (χ2n) is 6.23. The summed E-state index contributed by atoms with van der Waals surface area (Å²) < 4.78 is 42.9. The third kappa shape index (κ3) is 4.58. The number of ether oxygens (including phenoxy) is 1. The number of nitrogens with zero attached hydrogens (tertiary/aromatic N) is 2. The summed E-state index contributed by atoms with van der Waals surface area (Å²) in [4.78, 5) is 2.01. The van der Waals surface area contributed by atoms with Gasteiger partial charge in [-0.15, -0.1) is 0 Å². The molecule has 1 aliphatic carbocycles.